The maximum atomic E-state index is 10.2. The molecule has 1 aliphatic carbocycles. The lowest BCUT2D eigenvalue weighted by Crippen LogP contribution is -2.45. The van der Waals surface area contributed by atoms with Gasteiger partial charge in [-0.2, -0.15) is 0 Å². The minimum atomic E-state index is -0.107. The molecule has 1 heterocycles. The third-order valence-electron chi connectivity index (χ3n) is 5.06. The van der Waals surface area contributed by atoms with Gasteiger partial charge in [-0.05, 0) is 49.9 Å². The zero-order valence-corrected chi connectivity index (χ0v) is 13.8. The summed E-state index contributed by atoms with van der Waals surface area (Å²) < 4.78 is 0. The highest BCUT2D eigenvalue weighted by molar-refractivity contribution is 6.42. The van der Waals surface area contributed by atoms with E-state index in [2.05, 4.69) is 11.0 Å². The molecule has 3 rings (SSSR count). The van der Waals surface area contributed by atoms with E-state index in [0.29, 0.717) is 22.0 Å². The third-order valence-corrected chi connectivity index (χ3v) is 5.80. The average Bonchev–Trinajstić information content (AvgIpc) is 2.90. The summed E-state index contributed by atoms with van der Waals surface area (Å²) in [6.07, 6.45) is 6.95. The molecule has 1 aliphatic heterocycles. The number of piperidine rings is 1. The summed E-state index contributed by atoms with van der Waals surface area (Å²) in [4.78, 5) is 2.54. The summed E-state index contributed by atoms with van der Waals surface area (Å²) in [5.41, 5.74) is 1.21. The lowest BCUT2D eigenvalue weighted by Gasteiger charge is -2.40. The number of nitrogens with zero attached hydrogens (tertiary/aromatic N) is 1. The van der Waals surface area contributed by atoms with Crippen molar-refractivity contribution in [1.82, 2.24) is 4.90 Å². The lowest BCUT2D eigenvalue weighted by molar-refractivity contribution is 0.0313. The van der Waals surface area contributed by atoms with Gasteiger partial charge in [0.1, 0.15) is 0 Å². The van der Waals surface area contributed by atoms with Crippen molar-refractivity contribution in [3.05, 3.63) is 33.8 Å². The Hall–Kier alpha value is -0.280. The maximum absolute atomic E-state index is 10.2. The molecule has 1 N–H and O–H groups in total. The zero-order chi connectivity index (χ0) is 14.8. The Labute approximate surface area is 137 Å². The van der Waals surface area contributed by atoms with E-state index in [1.54, 1.807) is 0 Å². The van der Waals surface area contributed by atoms with Gasteiger partial charge in [-0.3, -0.25) is 4.90 Å². The first-order valence-corrected chi connectivity index (χ1v) is 8.77. The SMILES string of the molecule is OC1CCCC1C1CCCCN1Cc1ccc(Cl)c(Cl)c1. The molecular formula is C17H23Cl2NO. The van der Waals surface area contributed by atoms with E-state index in [-0.39, 0.29) is 6.10 Å². The van der Waals surface area contributed by atoms with Crippen LogP contribution in [-0.4, -0.2) is 28.7 Å². The maximum Gasteiger partial charge on any atom is 0.0595 e. The molecule has 0 aromatic heterocycles. The Balaban J connectivity index is 1.73. The van der Waals surface area contributed by atoms with Crippen molar-refractivity contribution in [1.29, 1.82) is 0 Å². The second-order valence-corrected chi connectivity index (χ2v) is 7.26. The molecule has 0 spiro atoms. The summed E-state index contributed by atoms with van der Waals surface area (Å²) >= 11 is 12.1. The molecule has 1 aromatic carbocycles. The fourth-order valence-corrected chi connectivity index (χ4v) is 4.31. The minimum absolute atomic E-state index is 0.107. The molecule has 0 radical (unpaired) electrons. The van der Waals surface area contributed by atoms with Gasteiger partial charge in [-0.15, -0.1) is 0 Å². The zero-order valence-electron chi connectivity index (χ0n) is 12.3. The highest BCUT2D eigenvalue weighted by Crippen LogP contribution is 2.36. The van der Waals surface area contributed by atoms with Gasteiger partial charge in [-0.1, -0.05) is 42.1 Å². The van der Waals surface area contributed by atoms with Gasteiger partial charge in [0, 0.05) is 18.5 Å². The van der Waals surface area contributed by atoms with Gasteiger partial charge < -0.3 is 5.11 Å². The fraction of sp³-hybridized carbons (Fsp3) is 0.647. The predicted octanol–water partition coefficient (Wildman–Crippen LogP) is 4.51. The number of hydrogen-bond donors (Lipinski definition) is 1. The topological polar surface area (TPSA) is 23.5 Å². The Kier molecular flexibility index (Phi) is 5.11. The summed E-state index contributed by atoms with van der Waals surface area (Å²) in [5, 5.41) is 11.5. The molecule has 1 saturated heterocycles. The first-order valence-electron chi connectivity index (χ1n) is 8.01. The van der Waals surface area contributed by atoms with Crippen LogP contribution in [0.3, 0.4) is 0 Å². The summed E-state index contributed by atoms with van der Waals surface area (Å²) in [5.74, 6) is 0.452. The molecule has 21 heavy (non-hydrogen) atoms. The van der Waals surface area contributed by atoms with E-state index in [9.17, 15) is 5.11 Å². The van der Waals surface area contributed by atoms with Gasteiger partial charge in [-0.25, -0.2) is 0 Å². The first-order chi connectivity index (χ1) is 10.1. The molecule has 2 nitrogen and oxygen atoms in total. The van der Waals surface area contributed by atoms with Gasteiger partial charge in [0.15, 0.2) is 0 Å². The highest BCUT2D eigenvalue weighted by atomic mass is 35.5. The van der Waals surface area contributed by atoms with Crippen LogP contribution in [0.25, 0.3) is 0 Å². The number of rotatable bonds is 3. The van der Waals surface area contributed by atoms with Crippen molar-refractivity contribution in [2.45, 2.75) is 57.2 Å². The molecule has 116 valence electrons. The number of aliphatic hydroxyl groups excluding tert-OH is 1. The second-order valence-electron chi connectivity index (χ2n) is 6.44. The fourth-order valence-electron chi connectivity index (χ4n) is 3.99. The van der Waals surface area contributed by atoms with Crippen molar-refractivity contribution in [2.24, 2.45) is 5.92 Å². The van der Waals surface area contributed by atoms with E-state index < -0.39 is 0 Å². The summed E-state index contributed by atoms with van der Waals surface area (Å²) in [7, 11) is 0. The van der Waals surface area contributed by atoms with E-state index in [4.69, 9.17) is 23.2 Å². The predicted molar refractivity (Wildman–Crippen MR) is 87.9 cm³/mol. The number of hydrogen-bond acceptors (Lipinski definition) is 2. The smallest absolute Gasteiger partial charge is 0.0595 e. The van der Waals surface area contributed by atoms with Gasteiger partial charge in [0.25, 0.3) is 0 Å². The third kappa shape index (κ3) is 3.56. The van der Waals surface area contributed by atoms with Gasteiger partial charge >= 0.3 is 0 Å². The molecule has 4 heteroatoms. The average molecular weight is 328 g/mol. The van der Waals surface area contributed by atoms with Crippen molar-refractivity contribution in [3.63, 3.8) is 0 Å². The number of aliphatic hydroxyl groups is 1. The largest absolute Gasteiger partial charge is 0.393 e. The normalized spacial score (nSPS) is 30.7. The van der Waals surface area contributed by atoms with Crippen LogP contribution in [0.1, 0.15) is 44.1 Å². The Morgan fingerprint density at radius 2 is 1.90 bits per heavy atom. The van der Waals surface area contributed by atoms with Crippen molar-refractivity contribution in [2.75, 3.05) is 6.54 Å². The van der Waals surface area contributed by atoms with Crippen molar-refractivity contribution >= 4 is 23.2 Å². The van der Waals surface area contributed by atoms with E-state index >= 15 is 0 Å². The summed E-state index contributed by atoms with van der Waals surface area (Å²) in [6, 6.07) is 6.43. The Morgan fingerprint density at radius 1 is 1.05 bits per heavy atom. The first kappa shape index (κ1) is 15.6. The van der Waals surface area contributed by atoms with Crippen molar-refractivity contribution < 1.29 is 5.11 Å². The van der Waals surface area contributed by atoms with Crippen molar-refractivity contribution in [3.8, 4) is 0 Å². The molecule has 0 bridgehead atoms. The minimum Gasteiger partial charge on any atom is -0.393 e. The van der Waals surface area contributed by atoms with Crippen LogP contribution in [0.5, 0.6) is 0 Å². The Bertz CT molecular complexity index is 494. The number of benzene rings is 1. The number of halogens is 2. The van der Waals surface area contributed by atoms with Gasteiger partial charge in [0.05, 0.1) is 16.1 Å². The molecule has 3 atom stereocenters. The summed E-state index contributed by atoms with van der Waals surface area (Å²) in [6.45, 7) is 2.03. The molecule has 0 amide bonds. The van der Waals surface area contributed by atoms with E-state index in [1.807, 2.05) is 12.1 Å². The van der Waals surface area contributed by atoms with E-state index in [1.165, 1.54) is 37.7 Å². The highest BCUT2D eigenvalue weighted by Gasteiger charge is 2.36. The monoisotopic (exact) mass is 327 g/mol. The van der Waals surface area contributed by atoms with Crippen LogP contribution >= 0.6 is 23.2 Å². The second kappa shape index (κ2) is 6.87. The van der Waals surface area contributed by atoms with Crippen LogP contribution < -0.4 is 0 Å². The van der Waals surface area contributed by atoms with Crippen LogP contribution in [0, 0.1) is 5.92 Å². The number of likely N-dealkylation sites (tertiary alicyclic amines) is 1. The van der Waals surface area contributed by atoms with Crippen LogP contribution in [0.15, 0.2) is 18.2 Å². The molecule has 1 aromatic rings. The molecule has 3 unspecified atom stereocenters. The molecule has 2 aliphatic rings. The van der Waals surface area contributed by atoms with Crippen LogP contribution in [0.4, 0.5) is 0 Å². The molecular weight excluding hydrogens is 305 g/mol. The molecule has 2 fully saturated rings. The quantitative estimate of drug-likeness (QED) is 0.882. The molecule has 1 saturated carbocycles. The van der Waals surface area contributed by atoms with E-state index in [0.717, 1.165) is 19.5 Å². The van der Waals surface area contributed by atoms with Crippen LogP contribution in [-0.2, 0) is 6.54 Å². The Morgan fingerprint density at radius 3 is 2.62 bits per heavy atom. The standard InChI is InChI=1S/C17H23Cl2NO/c18-14-8-7-12(10-15(14)19)11-20-9-2-1-5-16(20)13-4-3-6-17(13)21/h7-8,10,13,16-17,21H,1-6,9,11H2. The lowest BCUT2D eigenvalue weighted by atomic mass is 9.87. The van der Waals surface area contributed by atoms with Crippen LogP contribution in [0.2, 0.25) is 10.0 Å². The van der Waals surface area contributed by atoms with Gasteiger partial charge in [0.2, 0.25) is 0 Å².